The van der Waals surface area contributed by atoms with Crippen LogP contribution in [-0.4, -0.2) is 56.7 Å². The summed E-state index contributed by atoms with van der Waals surface area (Å²) in [5.74, 6) is -4.98. The van der Waals surface area contributed by atoms with Gasteiger partial charge in [0, 0.05) is 19.8 Å². The van der Waals surface area contributed by atoms with E-state index in [0.717, 1.165) is 12.1 Å². The number of halogens is 6. The van der Waals surface area contributed by atoms with Crippen molar-refractivity contribution in [3.8, 4) is 0 Å². The molecule has 0 saturated carbocycles. The van der Waals surface area contributed by atoms with Crippen molar-refractivity contribution in [2.45, 2.75) is 18.0 Å². The minimum atomic E-state index is -6.36. The summed E-state index contributed by atoms with van der Waals surface area (Å²) in [6, 6.07) is 4.26. The third-order valence-corrected chi connectivity index (χ3v) is 3.96. The van der Waals surface area contributed by atoms with Crippen LogP contribution in [0.5, 0.6) is 0 Å². The second kappa shape index (κ2) is 6.95. The van der Waals surface area contributed by atoms with Crippen LogP contribution in [0.15, 0.2) is 24.3 Å². The predicted molar refractivity (Wildman–Crippen MR) is 77.4 cm³/mol. The minimum absolute atomic E-state index is 0.484. The zero-order chi connectivity index (χ0) is 20.6. The molecule has 0 aromatic heterocycles. The maximum atomic E-state index is 13.1. The molecule has 0 spiro atoms. The summed E-state index contributed by atoms with van der Waals surface area (Å²) in [5, 5.41) is 0. The van der Waals surface area contributed by atoms with Gasteiger partial charge in [-0.3, -0.25) is 4.55 Å². The summed E-state index contributed by atoms with van der Waals surface area (Å²) in [4.78, 5) is 13.4. The molecule has 1 aromatic carbocycles. The minimum Gasteiger partial charge on any atom is -0.435 e. The highest BCUT2D eigenvalue weighted by atomic mass is 32.2. The average Bonchev–Trinajstić information content (AvgIpc) is 2.42. The molecule has 0 bridgehead atoms. The topological polar surface area (TPSA) is 83.9 Å². The normalized spacial score (nSPS) is 13.4. The van der Waals surface area contributed by atoms with E-state index in [1.165, 1.54) is 12.1 Å². The van der Waals surface area contributed by atoms with Gasteiger partial charge in [-0.15, -0.1) is 0 Å². The van der Waals surface area contributed by atoms with E-state index < -0.39 is 45.4 Å². The molecular formula is C13H13F6NO5S. The zero-order valence-electron chi connectivity index (χ0n) is 13.2. The van der Waals surface area contributed by atoms with Gasteiger partial charge in [-0.25, -0.2) is 4.79 Å². The fourth-order valence-corrected chi connectivity index (χ4v) is 2.74. The van der Waals surface area contributed by atoms with Gasteiger partial charge in [-0.1, -0.05) is 0 Å². The smallest absolute Gasteiger partial charge is 0.435 e. The van der Waals surface area contributed by atoms with Gasteiger partial charge in [0.2, 0.25) is 0 Å². The first-order valence-corrected chi connectivity index (χ1v) is 8.20. The van der Waals surface area contributed by atoms with E-state index in [4.69, 9.17) is 4.55 Å². The summed E-state index contributed by atoms with van der Waals surface area (Å²) in [5.41, 5.74) is -5.62. The molecule has 0 fully saturated rings. The van der Waals surface area contributed by atoms with Crippen molar-refractivity contribution < 1.29 is 48.8 Å². The van der Waals surface area contributed by atoms with E-state index >= 15 is 0 Å². The zero-order valence-corrected chi connectivity index (χ0v) is 14.0. The van der Waals surface area contributed by atoms with Gasteiger partial charge in [0.05, 0.1) is 5.56 Å². The van der Waals surface area contributed by atoms with Crippen molar-refractivity contribution in [3.63, 3.8) is 0 Å². The molecule has 26 heavy (non-hydrogen) atoms. The standard InChI is InChI=1S/C13H13F6NO5S/c1-20(2)9-5-3-8(4-6-9)10(21)25-11(12(14,15)16,13(17,18)19)7-26(22,23)24/h3-6H,7H2,1-2H3,(H,22,23,24). The first-order valence-electron chi connectivity index (χ1n) is 6.59. The molecular weight excluding hydrogens is 396 g/mol. The lowest BCUT2D eigenvalue weighted by Gasteiger charge is -2.35. The number of anilines is 1. The van der Waals surface area contributed by atoms with Gasteiger partial charge < -0.3 is 9.64 Å². The number of carbonyl (C=O) groups excluding carboxylic acids is 1. The summed E-state index contributed by atoms with van der Waals surface area (Å²) in [7, 11) is -2.63. The molecule has 1 aromatic rings. The molecule has 0 amide bonds. The van der Waals surface area contributed by atoms with Crippen LogP contribution in [0.4, 0.5) is 32.0 Å². The molecule has 1 rings (SSSR count). The highest BCUT2D eigenvalue weighted by molar-refractivity contribution is 7.85. The molecule has 0 saturated heterocycles. The van der Waals surface area contributed by atoms with Crippen LogP contribution in [0.3, 0.4) is 0 Å². The van der Waals surface area contributed by atoms with Crippen molar-refractivity contribution in [3.05, 3.63) is 29.8 Å². The van der Waals surface area contributed by atoms with Gasteiger partial charge in [0.1, 0.15) is 5.75 Å². The van der Waals surface area contributed by atoms with Gasteiger partial charge in [0.25, 0.3) is 10.1 Å². The Morgan fingerprint density at radius 3 is 1.77 bits per heavy atom. The molecule has 13 heteroatoms. The molecule has 0 radical (unpaired) electrons. The maximum Gasteiger partial charge on any atom is 0.438 e. The van der Waals surface area contributed by atoms with E-state index in [2.05, 4.69) is 4.74 Å². The Kier molecular flexibility index (Phi) is 5.88. The Morgan fingerprint density at radius 1 is 1.04 bits per heavy atom. The van der Waals surface area contributed by atoms with E-state index in [1.54, 1.807) is 19.0 Å². The second-order valence-electron chi connectivity index (χ2n) is 5.38. The lowest BCUT2D eigenvalue weighted by molar-refractivity contribution is -0.356. The number of hydrogen-bond acceptors (Lipinski definition) is 5. The Bertz CT molecular complexity index is 741. The quantitative estimate of drug-likeness (QED) is 0.457. The van der Waals surface area contributed by atoms with Crippen molar-refractivity contribution in [1.82, 2.24) is 0 Å². The number of hydrogen-bond donors (Lipinski definition) is 1. The third kappa shape index (κ3) is 4.78. The van der Waals surface area contributed by atoms with E-state index in [1.807, 2.05) is 0 Å². The van der Waals surface area contributed by atoms with Gasteiger partial charge in [-0.2, -0.15) is 34.8 Å². The molecule has 148 valence electrons. The number of nitrogens with zero attached hydrogens (tertiary/aromatic N) is 1. The van der Waals surface area contributed by atoms with Crippen LogP contribution in [0, 0.1) is 0 Å². The predicted octanol–water partition coefficient (Wildman–Crippen LogP) is 2.66. The number of carbonyl (C=O) groups is 1. The number of ether oxygens (including phenoxy) is 1. The van der Waals surface area contributed by atoms with Crippen LogP contribution in [0.25, 0.3) is 0 Å². The number of rotatable bonds is 5. The summed E-state index contributed by atoms with van der Waals surface area (Å²) in [6.45, 7) is 0. The molecule has 0 aliphatic carbocycles. The number of alkyl halides is 6. The summed E-state index contributed by atoms with van der Waals surface area (Å²) < 4.78 is 112. The monoisotopic (exact) mass is 409 g/mol. The Balaban J connectivity index is 3.38. The van der Waals surface area contributed by atoms with Crippen LogP contribution in [-0.2, 0) is 14.9 Å². The first kappa shape index (κ1) is 22.0. The van der Waals surface area contributed by atoms with E-state index in [0.29, 0.717) is 5.69 Å². The maximum absolute atomic E-state index is 13.1. The highest BCUT2D eigenvalue weighted by Crippen LogP contribution is 2.47. The SMILES string of the molecule is CN(C)c1ccc(C(=O)OC(CS(=O)(=O)O)(C(F)(F)F)C(F)(F)F)cc1. The molecule has 0 heterocycles. The Labute approximate surface area is 144 Å². The molecule has 6 nitrogen and oxygen atoms in total. The molecule has 0 aliphatic rings. The first-order chi connectivity index (χ1) is 11.5. The van der Waals surface area contributed by atoms with Crippen LogP contribution < -0.4 is 4.90 Å². The van der Waals surface area contributed by atoms with E-state index in [9.17, 15) is 39.6 Å². The molecule has 0 unspecified atom stereocenters. The van der Waals surface area contributed by atoms with Crippen LogP contribution in [0.1, 0.15) is 10.4 Å². The largest absolute Gasteiger partial charge is 0.438 e. The van der Waals surface area contributed by atoms with Gasteiger partial charge in [0.15, 0.2) is 0 Å². The fourth-order valence-electron chi connectivity index (χ4n) is 1.84. The highest BCUT2D eigenvalue weighted by Gasteiger charge is 2.76. The van der Waals surface area contributed by atoms with Crippen LogP contribution >= 0.6 is 0 Å². The lowest BCUT2D eigenvalue weighted by Crippen LogP contribution is -2.63. The van der Waals surface area contributed by atoms with Gasteiger partial charge in [-0.05, 0) is 24.3 Å². The van der Waals surface area contributed by atoms with Crippen molar-refractivity contribution in [2.75, 3.05) is 24.7 Å². The van der Waals surface area contributed by atoms with Crippen molar-refractivity contribution >= 4 is 21.8 Å². The number of esters is 1. The molecule has 0 aliphatic heterocycles. The second-order valence-corrected chi connectivity index (χ2v) is 6.83. The Hall–Kier alpha value is -2.02. The Morgan fingerprint density at radius 2 is 1.46 bits per heavy atom. The average molecular weight is 409 g/mol. The van der Waals surface area contributed by atoms with Crippen molar-refractivity contribution in [1.29, 1.82) is 0 Å². The molecule has 0 atom stereocenters. The van der Waals surface area contributed by atoms with Gasteiger partial charge >= 0.3 is 23.9 Å². The van der Waals surface area contributed by atoms with E-state index in [-0.39, 0.29) is 0 Å². The van der Waals surface area contributed by atoms with Crippen molar-refractivity contribution in [2.24, 2.45) is 0 Å². The summed E-state index contributed by atoms with van der Waals surface area (Å²) in [6.07, 6.45) is -12.7. The summed E-state index contributed by atoms with van der Waals surface area (Å²) >= 11 is 0. The fraction of sp³-hybridized carbons (Fsp3) is 0.462. The lowest BCUT2D eigenvalue weighted by atomic mass is 10.1. The van der Waals surface area contributed by atoms with Crippen LogP contribution in [0.2, 0.25) is 0 Å². The number of benzene rings is 1. The molecule has 1 N–H and O–H groups in total. The third-order valence-electron chi connectivity index (χ3n) is 3.19.